The zero-order valence-corrected chi connectivity index (χ0v) is 9.65. The maximum Gasteiger partial charge on any atom is 0.309 e. The molecule has 0 spiro atoms. The van der Waals surface area contributed by atoms with Gasteiger partial charge in [0.2, 0.25) is 0 Å². The Hall–Kier alpha value is -1.36. The van der Waals surface area contributed by atoms with E-state index in [-0.39, 0.29) is 6.42 Å². The molecule has 4 nitrogen and oxygen atoms in total. The van der Waals surface area contributed by atoms with Gasteiger partial charge in [0.25, 0.3) is 0 Å². The molecule has 2 aromatic rings. The molecule has 0 aliphatic rings. The highest BCUT2D eigenvalue weighted by Gasteiger charge is 2.11. The third kappa shape index (κ3) is 1.87. The highest BCUT2D eigenvalue weighted by atomic mass is 79.9. The standard InChI is InChI=1S/C10H9BrN2O2/c1-6-8(5-10(14)15)13-3-2-7(11)4-9(13)12-6/h2-4H,5H2,1H3,(H,14,15). The van der Waals surface area contributed by atoms with Crippen molar-refractivity contribution in [2.75, 3.05) is 0 Å². The van der Waals surface area contributed by atoms with Crippen LogP contribution in [-0.2, 0) is 11.2 Å². The van der Waals surface area contributed by atoms with Gasteiger partial charge < -0.3 is 9.51 Å². The molecule has 0 saturated heterocycles. The monoisotopic (exact) mass is 268 g/mol. The fourth-order valence-electron chi connectivity index (χ4n) is 1.54. The number of nitrogens with zero attached hydrogens (tertiary/aromatic N) is 2. The number of aryl methyl sites for hydroxylation is 1. The Balaban J connectivity index is 2.63. The first-order valence-electron chi connectivity index (χ1n) is 4.43. The molecule has 0 saturated carbocycles. The quantitative estimate of drug-likeness (QED) is 0.907. The number of carboxylic acids is 1. The molecule has 0 aromatic carbocycles. The molecule has 0 radical (unpaired) electrons. The summed E-state index contributed by atoms with van der Waals surface area (Å²) in [5.74, 6) is -0.845. The Kier molecular flexibility index (Phi) is 2.48. The smallest absolute Gasteiger partial charge is 0.309 e. The Labute approximate surface area is 94.7 Å². The van der Waals surface area contributed by atoms with Gasteiger partial charge in [0, 0.05) is 10.7 Å². The van der Waals surface area contributed by atoms with E-state index in [0.717, 1.165) is 21.5 Å². The average molecular weight is 269 g/mol. The molecule has 0 bridgehead atoms. The van der Waals surface area contributed by atoms with Crippen LogP contribution >= 0.6 is 15.9 Å². The van der Waals surface area contributed by atoms with E-state index >= 15 is 0 Å². The number of pyridine rings is 1. The number of fused-ring (bicyclic) bond motifs is 1. The summed E-state index contributed by atoms with van der Waals surface area (Å²) in [5, 5.41) is 8.77. The van der Waals surface area contributed by atoms with Crippen molar-refractivity contribution >= 4 is 27.5 Å². The van der Waals surface area contributed by atoms with Crippen molar-refractivity contribution < 1.29 is 9.90 Å². The van der Waals surface area contributed by atoms with Gasteiger partial charge in [0.1, 0.15) is 5.65 Å². The van der Waals surface area contributed by atoms with E-state index in [4.69, 9.17) is 5.11 Å². The molecule has 0 fully saturated rings. The van der Waals surface area contributed by atoms with Gasteiger partial charge in [0.05, 0.1) is 17.8 Å². The second-order valence-corrected chi connectivity index (χ2v) is 4.20. The largest absolute Gasteiger partial charge is 0.481 e. The molecule has 2 aromatic heterocycles. The van der Waals surface area contributed by atoms with E-state index in [1.54, 1.807) is 4.40 Å². The molecule has 1 N–H and O–H groups in total. The number of hydrogen-bond acceptors (Lipinski definition) is 2. The minimum absolute atomic E-state index is 0.00533. The van der Waals surface area contributed by atoms with Crippen LogP contribution in [0.1, 0.15) is 11.4 Å². The molecule has 2 rings (SSSR count). The second-order valence-electron chi connectivity index (χ2n) is 3.29. The number of aromatic nitrogens is 2. The Morgan fingerprint density at radius 3 is 3.07 bits per heavy atom. The van der Waals surface area contributed by atoms with Crippen LogP contribution in [0.5, 0.6) is 0 Å². The van der Waals surface area contributed by atoms with Crippen molar-refractivity contribution in [2.24, 2.45) is 0 Å². The fourth-order valence-corrected chi connectivity index (χ4v) is 1.87. The second kappa shape index (κ2) is 3.66. The predicted octanol–water partition coefficient (Wildman–Crippen LogP) is 2.03. The van der Waals surface area contributed by atoms with E-state index in [9.17, 15) is 4.79 Å². The van der Waals surface area contributed by atoms with E-state index in [2.05, 4.69) is 20.9 Å². The van der Waals surface area contributed by atoms with E-state index in [0.29, 0.717) is 0 Å². The molecular formula is C10H9BrN2O2. The Morgan fingerprint density at radius 2 is 2.40 bits per heavy atom. The molecule has 0 unspecified atom stereocenters. The van der Waals surface area contributed by atoms with Gasteiger partial charge in [0.15, 0.2) is 0 Å². The van der Waals surface area contributed by atoms with E-state index in [1.165, 1.54) is 0 Å². The highest BCUT2D eigenvalue weighted by Crippen LogP contribution is 2.17. The van der Waals surface area contributed by atoms with Gasteiger partial charge in [-0.15, -0.1) is 0 Å². The summed E-state index contributed by atoms with van der Waals surface area (Å²) in [6.07, 6.45) is 1.81. The Morgan fingerprint density at radius 1 is 1.67 bits per heavy atom. The highest BCUT2D eigenvalue weighted by molar-refractivity contribution is 9.10. The molecule has 0 atom stereocenters. The summed E-state index contributed by atoms with van der Waals surface area (Å²) in [6.45, 7) is 1.82. The van der Waals surface area contributed by atoms with Crippen LogP contribution in [0.2, 0.25) is 0 Å². The zero-order valence-electron chi connectivity index (χ0n) is 8.07. The fraction of sp³-hybridized carbons (Fsp3) is 0.200. The van der Waals surface area contributed by atoms with Crippen LogP contribution in [0.15, 0.2) is 22.8 Å². The first kappa shape index (κ1) is 10.2. The summed E-state index contributed by atoms with van der Waals surface area (Å²) >= 11 is 3.35. The number of imidazole rings is 1. The van der Waals surface area contributed by atoms with E-state index in [1.807, 2.05) is 25.3 Å². The molecule has 15 heavy (non-hydrogen) atoms. The Bertz CT molecular complexity index is 533. The molecule has 78 valence electrons. The van der Waals surface area contributed by atoms with Crippen molar-refractivity contribution in [1.82, 2.24) is 9.38 Å². The maximum atomic E-state index is 10.7. The third-order valence-electron chi connectivity index (χ3n) is 2.21. The van der Waals surface area contributed by atoms with Crippen molar-refractivity contribution in [3.63, 3.8) is 0 Å². The summed E-state index contributed by atoms with van der Waals surface area (Å²) in [4.78, 5) is 15.0. The molecular weight excluding hydrogens is 260 g/mol. The van der Waals surface area contributed by atoms with Gasteiger partial charge in [-0.05, 0) is 19.1 Å². The van der Waals surface area contributed by atoms with Gasteiger partial charge in [-0.25, -0.2) is 4.98 Å². The lowest BCUT2D eigenvalue weighted by Gasteiger charge is -1.99. The third-order valence-corrected chi connectivity index (χ3v) is 2.70. The van der Waals surface area contributed by atoms with Crippen LogP contribution in [0, 0.1) is 6.92 Å². The average Bonchev–Trinajstić information content (AvgIpc) is 2.41. The summed E-state index contributed by atoms with van der Waals surface area (Å²) in [6, 6.07) is 3.72. The van der Waals surface area contributed by atoms with Crippen molar-refractivity contribution in [1.29, 1.82) is 0 Å². The number of carbonyl (C=O) groups is 1. The summed E-state index contributed by atoms with van der Waals surface area (Å²) < 4.78 is 2.73. The van der Waals surface area contributed by atoms with Crippen molar-refractivity contribution in [2.45, 2.75) is 13.3 Å². The van der Waals surface area contributed by atoms with Gasteiger partial charge >= 0.3 is 5.97 Å². The van der Waals surface area contributed by atoms with Gasteiger partial charge in [-0.3, -0.25) is 4.79 Å². The van der Waals surface area contributed by atoms with Crippen LogP contribution in [0.3, 0.4) is 0 Å². The molecule has 0 amide bonds. The predicted molar refractivity (Wildman–Crippen MR) is 59.0 cm³/mol. The summed E-state index contributed by atoms with van der Waals surface area (Å²) in [7, 11) is 0. The first-order chi connectivity index (χ1) is 7.08. The van der Waals surface area contributed by atoms with Crippen LogP contribution in [0.25, 0.3) is 5.65 Å². The van der Waals surface area contributed by atoms with Gasteiger partial charge in [-0.1, -0.05) is 15.9 Å². The zero-order chi connectivity index (χ0) is 11.0. The minimum atomic E-state index is -0.845. The van der Waals surface area contributed by atoms with Crippen molar-refractivity contribution in [3.8, 4) is 0 Å². The van der Waals surface area contributed by atoms with E-state index < -0.39 is 5.97 Å². The maximum absolute atomic E-state index is 10.7. The molecule has 0 aliphatic heterocycles. The SMILES string of the molecule is Cc1nc2cc(Br)ccn2c1CC(=O)O. The van der Waals surface area contributed by atoms with Gasteiger partial charge in [-0.2, -0.15) is 0 Å². The number of halogens is 1. The number of rotatable bonds is 2. The van der Waals surface area contributed by atoms with Crippen LogP contribution in [0.4, 0.5) is 0 Å². The number of carboxylic acid groups (broad SMARTS) is 1. The molecule has 2 heterocycles. The van der Waals surface area contributed by atoms with Crippen LogP contribution < -0.4 is 0 Å². The topological polar surface area (TPSA) is 54.6 Å². The lowest BCUT2D eigenvalue weighted by Crippen LogP contribution is -2.04. The lowest BCUT2D eigenvalue weighted by atomic mass is 10.2. The number of hydrogen-bond donors (Lipinski definition) is 1. The lowest BCUT2D eigenvalue weighted by molar-refractivity contribution is -0.136. The first-order valence-corrected chi connectivity index (χ1v) is 5.22. The van der Waals surface area contributed by atoms with Crippen molar-refractivity contribution in [3.05, 3.63) is 34.2 Å². The normalized spacial score (nSPS) is 10.8. The number of aliphatic carboxylic acids is 1. The van der Waals surface area contributed by atoms with Crippen LogP contribution in [-0.4, -0.2) is 20.5 Å². The molecule has 5 heteroatoms. The summed E-state index contributed by atoms with van der Waals surface area (Å²) in [5.41, 5.74) is 2.25. The minimum Gasteiger partial charge on any atom is -0.481 e. The molecule has 0 aliphatic carbocycles.